The second-order valence-corrected chi connectivity index (χ2v) is 5.45. The molecule has 1 aromatic carbocycles. The van der Waals surface area contributed by atoms with Gasteiger partial charge in [-0.25, -0.2) is 4.79 Å². The molecule has 4 heteroatoms. The summed E-state index contributed by atoms with van der Waals surface area (Å²) < 4.78 is 11.2. The number of rotatable bonds is 4. The van der Waals surface area contributed by atoms with Crippen molar-refractivity contribution in [3.8, 4) is 5.75 Å². The summed E-state index contributed by atoms with van der Waals surface area (Å²) in [6.07, 6.45) is 7.49. The van der Waals surface area contributed by atoms with Gasteiger partial charge in [0.25, 0.3) is 0 Å². The summed E-state index contributed by atoms with van der Waals surface area (Å²) in [4.78, 5) is 12.1. The number of esters is 1. The van der Waals surface area contributed by atoms with E-state index in [4.69, 9.17) is 9.47 Å². The molecule has 0 radical (unpaired) electrons. The van der Waals surface area contributed by atoms with Gasteiger partial charge in [0.05, 0.1) is 19.3 Å². The monoisotopic (exact) mass is 324 g/mol. The Morgan fingerprint density at radius 2 is 2.26 bits per heavy atom. The fraction of sp³-hybridized carbons (Fsp3) is 0.400. The first-order valence-electron chi connectivity index (χ1n) is 6.36. The summed E-state index contributed by atoms with van der Waals surface area (Å²) in [5.41, 5.74) is 0.505. The van der Waals surface area contributed by atoms with Gasteiger partial charge in [-0.3, -0.25) is 0 Å². The molecule has 0 spiro atoms. The van der Waals surface area contributed by atoms with Gasteiger partial charge in [0, 0.05) is 4.47 Å². The van der Waals surface area contributed by atoms with Crippen molar-refractivity contribution in [1.82, 2.24) is 0 Å². The Morgan fingerprint density at radius 3 is 2.95 bits per heavy atom. The summed E-state index contributed by atoms with van der Waals surface area (Å²) in [5.74, 6) is 0.786. The van der Waals surface area contributed by atoms with E-state index in [1.165, 1.54) is 0 Å². The van der Waals surface area contributed by atoms with Crippen molar-refractivity contribution in [3.05, 3.63) is 40.4 Å². The average Bonchev–Trinajstić information content (AvgIpc) is 2.46. The van der Waals surface area contributed by atoms with Crippen LogP contribution in [0.1, 0.15) is 29.6 Å². The predicted molar refractivity (Wildman–Crippen MR) is 77.5 cm³/mol. The Hall–Kier alpha value is -1.29. The van der Waals surface area contributed by atoms with Crippen LogP contribution in [0.5, 0.6) is 5.75 Å². The number of benzene rings is 1. The van der Waals surface area contributed by atoms with Crippen LogP contribution in [0.3, 0.4) is 0 Å². The second-order valence-electron chi connectivity index (χ2n) is 4.59. The Labute approximate surface area is 121 Å². The van der Waals surface area contributed by atoms with Gasteiger partial charge >= 0.3 is 5.97 Å². The zero-order valence-electron chi connectivity index (χ0n) is 10.9. The zero-order chi connectivity index (χ0) is 13.7. The van der Waals surface area contributed by atoms with E-state index in [0.29, 0.717) is 23.8 Å². The largest absolute Gasteiger partial charge is 0.497 e. The summed E-state index contributed by atoms with van der Waals surface area (Å²) >= 11 is 3.36. The lowest BCUT2D eigenvalue weighted by Crippen LogP contribution is -2.15. The van der Waals surface area contributed by atoms with Crippen molar-refractivity contribution in [2.24, 2.45) is 5.92 Å². The minimum Gasteiger partial charge on any atom is -0.497 e. The molecule has 0 bridgehead atoms. The molecule has 1 atom stereocenters. The van der Waals surface area contributed by atoms with E-state index in [-0.39, 0.29) is 5.97 Å². The molecule has 0 aliphatic heterocycles. The minimum atomic E-state index is -0.305. The highest BCUT2D eigenvalue weighted by molar-refractivity contribution is 9.10. The molecule has 1 unspecified atom stereocenters. The second kappa shape index (κ2) is 6.75. The van der Waals surface area contributed by atoms with E-state index in [9.17, 15) is 4.79 Å². The van der Waals surface area contributed by atoms with Gasteiger partial charge in [-0.1, -0.05) is 12.2 Å². The Bertz CT molecular complexity index is 482. The molecule has 0 saturated carbocycles. The molecule has 1 aliphatic rings. The van der Waals surface area contributed by atoms with Crippen LogP contribution in [-0.4, -0.2) is 19.7 Å². The lowest BCUT2D eigenvalue weighted by Gasteiger charge is -2.17. The zero-order valence-corrected chi connectivity index (χ0v) is 12.5. The highest BCUT2D eigenvalue weighted by Gasteiger charge is 2.16. The smallest absolute Gasteiger partial charge is 0.339 e. The number of hydrogen-bond donors (Lipinski definition) is 0. The van der Waals surface area contributed by atoms with E-state index in [1.807, 2.05) is 0 Å². The summed E-state index contributed by atoms with van der Waals surface area (Å²) in [5, 5.41) is 0. The van der Waals surface area contributed by atoms with Crippen molar-refractivity contribution in [2.75, 3.05) is 13.7 Å². The highest BCUT2D eigenvalue weighted by Crippen LogP contribution is 2.24. The van der Waals surface area contributed by atoms with Gasteiger partial charge in [0.1, 0.15) is 5.75 Å². The number of carbonyl (C=O) groups excluding carboxylic acids is 1. The third kappa shape index (κ3) is 3.83. The van der Waals surface area contributed by atoms with Crippen LogP contribution in [0.15, 0.2) is 34.8 Å². The standard InChI is InChI=1S/C15H17BrO3/c1-18-12-7-8-14(16)13(9-12)15(17)19-10-11-5-3-2-4-6-11/h2-3,7-9,11H,4-6,10H2,1H3. The van der Waals surface area contributed by atoms with Gasteiger partial charge < -0.3 is 9.47 Å². The normalized spacial score (nSPS) is 18.1. The Kier molecular flexibility index (Phi) is 5.02. The number of ether oxygens (including phenoxy) is 2. The molecule has 0 fully saturated rings. The van der Waals surface area contributed by atoms with E-state index < -0.39 is 0 Å². The Morgan fingerprint density at radius 1 is 1.42 bits per heavy atom. The van der Waals surface area contributed by atoms with Crippen LogP contribution in [0.25, 0.3) is 0 Å². The van der Waals surface area contributed by atoms with Crippen molar-refractivity contribution in [3.63, 3.8) is 0 Å². The fourth-order valence-electron chi connectivity index (χ4n) is 2.07. The molecular formula is C15H17BrO3. The Balaban J connectivity index is 1.97. The molecular weight excluding hydrogens is 308 g/mol. The summed E-state index contributed by atoms with van der Waals surface area (Å²) in [6.45, 7) is 0.479. The molecule has 0 heterocycles. The number of methoxy groups -OCH3 is 1. The molecule has 3 nitrogen and oxygen atoms in total. The third-order valence-corrected chi connectivity index (χ3v) is 3.91. The molecule has 0 N–H and O–H groups in total. The molecule has 1 aliphatic carbocycles. The van der Waals surface area contributed by atoms with Crippen molar-refractivity contribution < 1.29 is 14.3 Å². The van der Waals surface area contributed by atoms with Crippen LogP contribution in [-0.2, 0) is 4.74 Å². The SMILES string of the molecule is COc1ccc(Br)c(C(=O)OCC2CC=CCC2)c1. The number of hydrogen-bond acceptors (Lipinski definition) is 3. The highest BCUT2D eigenvalue weighted by atomic mass is 79.9. The number of halogens is 1. The third-order valence-electron chi connectivity index (χ3n) is 3.22. The van der Waals surface area contributed by atoms with E-state index in [2.05, 4.69) is 28.1 Å². The number of carbonyl (C=O) groups is 1. The molecule has 0 amide bonds. The molecule has 19 heavy (non-hydrogen) atoms. The van der Waals surface area contributed by atoms with Crippen LogP contribution >= 0.6 is 15.9 Å². The predicted octanol–water partition coefficient (Wildman–Crippen LogP) is 3.97. The van der Waals surface area contributed by atoms with Crippen LogP contribution in [0, 0.1) is 5.92 Å². The molecule has 102 valence electrons. The lowest BCUT2D eigenvalue weighted by molar-refractivity contribution is 0.0431. The van der Waals surface area contributed by atoms with E-state index in [0.717, 1.165) is 23.7 Å². The van der Waals surface area contributed by atoms with Crippen molar-refractivity contribution in [2.45, 2.75) is 19.3 Å². The number of allylic oxidation sites excluding steroid dienone is 2. The van der Waals surface area contributed by atoms with Gasteiger partial charge in [0.15, 0.2) is 0 Å². The van der Waals surface area contributed by atoms with Gasteiger partial charge in [-0.05, 0) is 59.3 Å². The van der Waals surface area contributed by atoms with Crippen molar-refractivity contribution >= 4 is 21.9 Å². The average molecular weight is 325 g/mol. The quantitative estimate of drug-likeness (QED) is 0.621. The lowest BCUT2D eigenvalue weighted by atomic mass is 9.95. The maximum Gasteiger partial charge on any atom is 0.339 e. The van der Waals surface area contributed by atoms with Gasteiger partial charge in [0.2, 0.25) is 0 Å². The van der Waals surface area contributed by atoms with E-state index >= 15 is 0 Å². The van der Waals surface area contributed by atoms with Crippen LogP contribution in [0.4, 0.5) is 0 Å². The summed E-state index contributed by atoms with van der Waals surface area (Å²) in [7, 11) is 1.58. The van der Waals surface area contributed by atoms with Gasteiger partial charge in [-0.2, -0.15) is 0 Å². The van der Waals surface area contributed by atoms with Crippen LogP contribution in [0.2, 0.25) is 0 Å². The maximum atomic E-state index is 12.1. The fourth-order valence-corrected chi connectivity index (χ4v) is 2.48. The van der Waals surface area contributed by atoms with Crippen molar-refractivity contribution in [1.29, 1.82) is 0 Å². The maximum absolute atomic E-state index is 12.1. The molecule has 0 saturated heterocycles. The topological polar surface area (TPSA) is 35.5 Å². The van der Waals surface area contributed by atoms with Crippen LogP contribution < -0.4 is 4.74 Å². The first-order chi connectivity index (χ1) is 9.20. The van der Waals surface area contributed by atoms with Gasteiger partial charge in [-0.15, -0.1) is 0 Å². The molecule has 0 aromatic heterocycles. The molecule has 1 aromatic rings. The first-order valence-corrected chi connectivity index (χ1v) is 7.15. The molecule has 2 rings (SSSR count). The minimum absolute atomic E-state index is 0.305. The van der Waals surface area contributed by atoms with E-state index in [1.54, 1.807) is 25.3 Å². The first kappa shape index (κ1) is 14.1. The summed E-state index contributed by atoms with van der Waals surface area (Å²) in [6, 6.07) is 5.28.